The SMILES string of the molecule is N=Cc1cc(NCCC(c2ccccc2)c2ccccc2)ccc1N. The molecule has 0 saturated carbocycles. The molecule has 0 fully saturated rings. The van der Waals surface area contributed by atoms with Gasteiger partial charge < -0.3 is 16.5 Å². The fourth-order valence-corrected chi connectivity index (χ4v) is 3.07. The van der Waals surface area contributed by atoms with Crippen LogP contribution in [-0.2, 0) is 0 Å². The molecule has 3 aromatic rings. The summed E-state index contributed by atoms with van der Waals surface area (Å²) >= 11 is 0. The lowest BCUT2D eigenvalue weighted by atomic mass is 9.88. The third-order valence-electron chi connectivity index (χ3n) is 4.41. The summed E-state index contributed by atoms with van der Waals surface area (Å²) in [6.45, 7) is 0.843. The Labute approximate surface area is 149 Å². The maximum Gasteiger partial charge on any atom is 0.0404 e. The number of nitrogens with one attached hydrogen (secondary N) is 2. The van der Waals surface area contributed by atoms with Crippen LogP contribution in [0.15, 0.2) is 78.9 Å². The van der Waals surface area contributed by atoms with Crippen molar-refractivity contribution in [3.63, 3.8) is 0 Å². The Hall–Kier alpha value is -3.07. The number of nitrogens with two attached hydrogens (primary N) is 1. The largest absolute Gasteiger partial charge is 0.398 e. The zero-order valence-corrected chi connectivity index (χ0v) is 14.2. The smallest absolute Gasteiger partial charge is 0.0404 e. The van der Waals surface area contributed by atoms with E-state index in [2.05, 4.69) is 66.0 Å². The number of hydrogen-bond acceptors (Lipinski definition) is 3. The third-order valence-corrected chi connectivity index (χ3v) is 4.41. The van der Waals surface area contributed by atoms with Crippen LogP contribution in [0, 0.1) is 5.41 Å². The van der Waals surface area contributed by atoms with Crippen molar-refractivity contribution in [1.29, 1.82) is 5.41 Å². The molecule has 0 heterocycles. The minimum Gasteiger partial charge on any atom is -0.398 e. The first-order chi connectivity index (χ1) is 12.3. The van der Waals surface area contributed by atoms with E-state index in [1.54, 1.807) is 0 Å². The lowest BCUT2D eigenvalue weighted by molar-refractivity contribution is 0.745. The molecule has 3 nitrogen and oxygen atoms in total. The number of benzene rings is 3. The molecule has 0 aromatic heterocycles. The van der Waals surface area contributed by atoms with Crippen molar-refractivity contribution in [3.05, 3.63) is 95.6 Å². The van der Waals surface area contributed by atoms with Crippen molar-refractivity contribution in [2.45, 2.75) is 12.3 Å². The van der Waals surface area contributed by atoms with Crippen LogP contribution in [0.5, 0.6) is 0 Å². The van der Waals surface area contributed by atoms with Crippen LogP contribution < -0.4 is 11.1 Å². The van der Waals surface area contributed by atoms with Gasteiger partial charge in [0.05, 0.1) is 0 Å². The molecule has 0 atom stereocenters. The van der Waals surface area contributed by atoms with Gasteiger partial charge in [-0.3, -0.25) is 0 Å². The molecule has 0 aliphatic heterocycles. The second-order valence-electron chi connectivity index (χ2n) is 6.08. The molecule has 0 bridgehead atoms. The van der Waals surface area contributed by atoms with E-state index in [4.69, 9.17) is 11.1 Å². The van der Waals surface area contributed by atoms with Gasteiger partial charge in [0, 0.05) is 35.6 Å². The first kappa shape index (κ1) is 16.8. The van der Waals surface area contributed by atoms with Crippen molar-refractivity contribution in [2.75, 3.05) is 17.6 Å². The maximum absolute atomic E-state index is 7.42. The maximum atomic E-state index is 7.42. The predicted molar refractivity (Wildman–Crippen MR) is 107 cm³/mol. The lowest BCUT2D eigenvalue weighted by Crippen LogP contribution is -2.09. The van der Waals surface area contributed by atoms with Gasteiger partial charge >= 0.3 is 0 Å². The average Bonchev–Trinajstić information content (AvgIpc) is 2.68. The molecule has 0 unspecified atom stereocenters. The van der Waals surface area contributed by atoms with E-state index in [1.165, 1.54) is 17.3 Å². The molecule has 25 heavy (non-hydrogen) atoms. The van der Waals surface area contributed by atoms with Gasteiger partial charge in [-0.05, 0) is 35.7 Å². The summed E-state index contributed by atoms with van der Waals surface area (Å²) in [6.07, 6.45) is 2.27. The van der Waals surface area contributed by atoms with Crippen LogP contribution in [0.1, 0.15) is 29.0 Å². The normalized spacial score (nSPS) is 10.6. The molecule has 126 valence electrons. The van der Waals surface area contributed by atoms with Crippen LogP contribution in [-0.4, -0.2) is 12.8 Å². The highest BCUT2D eigenvalue weighted by Crippen LogP contribution is 2.28. The fraction of sp³-hybridized carbons (Fsp3) is 0.136. The molecule has 0 spiro atoms. The molecular weight excluding hydrogens is 306 g/mol. The molecular formula is C22H23N3. The fourth-order valence-electron chi connectivity index (χ4n) is 3.07. The number of hydrogen-bond donors (Lipinski definition) is 3. The van der Waals surface area contributed by atoms with Gasteiger partial charge in [0.2, 0.25) is 0 Å². The van der Waals surface area contributed by atoms with Gasteiger partial charge in [-0.25, -0.2) is 0 Å². The van der Waals surface area contributed by atoms with E-state index in [0.717, 1.165) is 24.2 Å². The first-order valence-corrected chi connectivity index (χ1v) is 8.51. The summed E-state index contributed by atoms with van der Waals surface area (Å²) < 4.78 is 0. The molecule has 0 aliphatic carbocycles. The molecule has 3 aromatic carbocycles. The molecule has 4 N–H and O–H groups in total. The van der Waals surface area contributed by atoms with Gasteiger partial charge in [-0.15, -0.1) is 0 Å². The van der Waals surface area contributed by atoms with Crippen molar-refractivity contribution in [2.24, 2.45) is 0 Å². The Kier molecular flexibility index (Phi) is 5.47. The number of nitrogen functional groups attached to an aromatic ring is 1. The summed E-state index contributed by atoms with van der Waals surface area (Å²) in [4.78, 5) is 0. The molecule has 0 aliphatic rings. The Morgan fingerprint density at radius 1 is 0.880 bits per heavy atom. The average molecular weight is 329 g/mol. The second kappa shape index (κ2) is 8.15. The predicted octanol–water partition coefficient (Wildman–Crippen LogP) is 4.90. The quantitative estimate of drug-likeness (QED) is 0.426. The van der Waals surface area contributed by atoms with Crippen LogP contribution >= 0.6 is 0 Å². The minimum atomic E-state index is 0.353. The third kappa shape index (κ3) is 4.27. The topological polar surface area (TPSA) is 61.9 Å². The Bertz CT molecular complexity index is 774. The van der Waals surface area contributed by atoms with E-state index in [9.17, 15) is 0 Å². The Morgan fingerprint density at radius 3 is 2.04 bits per heavy atom. The molecule has 0 radical (unpaired) electrons. The minimum absolute atomic E-state index is 0.353. The monoisotopic (exact) mass is 329 g/mol. The summed E-state index contributed by atoms with van der Waals surface area (Å²) in [6, 6.07) is 27.0. The standard InChI is InChI=1S/C22H23N3/c23-16-19-15-20(11-12-22(19)24)25-14-13-21(17-7-3-1-4-8-17)18-9-5-2-6-10-18/h1-12,15-16,21,23,25H,13-14,24H2. The molecule has 0 amide bonds. The van der Waals surface area contributed by atoms with Gasteiger partial charge in [0.25, 0.3) is 0 Å². The number of rotatable bonds is 7. The summed E-state index contributed by atoms with van der Waals surface area (Å²) in [7, 11) is 0. The van der Waals surface area contributed by atoms with E-state index in [0.29, 0.717) is 11.6 Å². The van der Waals surface area contributed by atoms with Gasteiger partial charge in [-0.2, -0.15) is 0 Å². The first-order valence-electron chi connectivity index (χ1n) is 8.51. The van der Waals surface area contributed by atoms with E-state index in [1.807, 2.05) is 18.2 Å². The Morgan fingerprint density at radius 2 is 1.48 bits per heavy atom. The van der Waals surface area contributed by atoms with Crippen molar-refractivity contribution >= 4 is 17.6 Å². The summed E-state index contributed by atoms with van der Waals surface area (Å²) in [5.74, 6) is 0.353. The molecule has 0 saturated heterocycles. The number of anilines is 2. The van der Waals surface area contributed by atoms with Crippen LogP contribution in [0.4, 0.5) is 11.4 Å². The zero-order chi connectivity index (χ0) is 17.5. The van der Waals surface area contributed by atoms with E-state index < -0.39 is 0 Å². The van der Waals surface area contributed by atoms with Crippen molar-refractivity contribution in [1.82, 2.24) is 0 Å². The van der Waals surface area contributed by atoms with Crippen LogP contribution in [0.25, 0.3) is 0 Å². The summed E-state index contributed by atoms with van der Waals surface area (Å²) in [5.41, 5.74) is 10.9. The van der Waals surface area contributed by atoms with Crippen LogP contribution in [0.2, 0.25) is 0 Å². The Balaban J connectivity index is 1.72. The molecule has 3 rings (SSSR count). The summed E-state index contributed by atoms with van der Waals surface area (Å²) in [5, 5.41) is 10.9. The molecule has 3 heteroatoms. The highest BCUT2D eigenvalue weighted by Gasteiger charge is 2.13. The van der Waals surface area contributed by atoms with Crippen LogP contribution in [0.3, 0.4) is 0 Å². The van der Waals surface area contributed by atoms with Crippen molar-refractivity contribution in [3.8, 4) is 0 Å². The van der Waals surface area contributed by atoms with Gasteiger partial charge in [0.15, 0.2) is 0 Å². The highest BCUT2D eigenvalue weighted by molar-refractivity contribution is 5.86. The zero-order valence-electron chi connectivity index (χ0n) is 14.2. The second-order valence-corrected chi connectivity index (χ2v) is 6.08. The van der Waals surface area contributed by atoms with Gasteiger partial charge in [0.1, 0.15) is 0 Å². The van der Waals surface area contributed by atoms with E-state index in [-0.39, 0.29) is 0 Å². The van der Waals surface area contributed by atoms with E-state index >= 15 is 0 Å². The highest BCUT2D eigenvalue weighted by atomic mass is 14.9. The van der Waals surface area contributed by atoms with Crippen molar-refractivity contribution < 1.29 is 0 Å². The van der Waals surface area contributed by atoms with Gasteiger partial charge in [-0.1, -0.05) is 60.7 Å². The lowest BCUT2D eigenvalue weighted by Gasteiger charge is -2.19.